The van der Waals surface area contributed by atoms with E-state index in [1.165, 1.54) is 64.1 Å². The topological polar surface area (TPSA) is 24.3 Å². The first-order valence-corrected chi connectivity index (χ1v) is 8.70. The Kier molecular flexibility index (Phi) is 3.76. The zero-order valence-electron chi connectivity index (χ0n) is 13.2. The number of imidazole rings is 1. The van der Waals surface area contributed by atoms with Gasteiger partial charge in [0, 0.05) is 51.7 Å². The van der Waals surface area contributed by atoms with E-state index in [0.29, 0.717) is 0 Å². The molecule has 4 heteroatoms. The number of aryl methyl sites for hydroxylation is 1. The van der Waals surface area contributed by atoms with Gasteiger partial charge in [0.2, 0.25) is 0 Å². The minimum absolute atomic E-state index is 0.796. The van der Waals surface area contributed by atoms with Crippen LogP contribution in [0.15, 0.2) is 12.4 Å². The third kappa shape index (κ3) is 2.88. The van der Waals surface area contributed by atoms with Crippen LogP contribution in [-0.2, 0) is 13.6 Å². The van der Waals surface area contributed by atoms with E-state index in [1.807, 2.05) is 6.20 Å². The first kappa shape index (κ1) is 13.8. The molecular formula is C17H28N4. The highest BCUT2D eigenvalue weighted by molar-refractivity contribution is 4.95. The van der Waals surface area contributed by atoms with Gasteiger partial charge in [0.15, 0.2) is 0 Å². The first-order valence-electron chi connectivity index (χ1n) is 8.70. The largest absolute Gasteiger partial charge is 0.337 e. The third-order valence-electron chi connectivity index (χ3n) is 5.91. The van der Waals surface area contributed by atoms with E-state index < -0.39 is 0 Å². The van der Waals surface area contributed by atoms with Crippen molar-refractivity contribution in [1.29, 1.82) is 0 Å². The molecule has 5 rings (SSSR count). The van der Waals surface area contributed by atoms with E-state index in [2.05, 4.69) is 32.6 Å². The molecular weight excluding hydrogens is 260 g/mol. The molecule has 3 saturated heterocycles. The molecule has 2 bridgehead atoms. The van der Waals surface area contributed by atoms with E-state index in [-0.39, 0.29) is 0 Å². The van der Waals surface area contributed by atoms with Gasteiger partial charge in [-0.2, -0.15) is 0 Å². The molecule has 4 nitrogen and oxygen atoms in total. The van der Waals surface area contributed by atoms with Gasteiger partial charge in [-0.3, -0.25) is 9.80 Å². The van der Waals surface area contributed by atoms with Gasteiger partial charge in [-0.25, -0.2) is 4.98 Å². The molecule has 1 aliphatic carbocycles. The minimum Gasteiger partial charge on any atom is -0.337 e. The maximum Gasteiger partial charge on any atom is 0.122 e. The van der Waals surface area contributed by atoms with Crippen molar-refractivity contribution in [3.63, 3.8) is 0 Å². The highest BCUT2D eigenvalue weighted by Gasteiger charge is 2.36. The van der Waals surface area contributed by atoms with Gasteiger partial charge in [-0.1, -0.05) is 6.42 Å². The molecule has 21 heavy (non-hydrogen) atoms. The van der Waals surface area contributed by atoms with Crippen LogP contribution in [0.25, 0.3) is 0 Å². The van der Waals surface area contributed by atoms with Gasteiger partial charge in [-0.15, -0.1) is 0 Å². The summed E-state index contributed by atoms with van der Waals surface area (Å²) in [6.07, 6.45) is 11.3. The maximum atomic E-state index is 4.51. The highest BCUT2D eigenvalue weighted by Crippen LogP contribution is 2.33. The van der Waals surface area contributed by atoms with Crippen LogP contribution in [0.1, 0.15) is 37.9 Å². The highest BCUT2D eigenvalue weighted by atomic mass is 15.3. The van der Waals surface area contributed by atoms with Crippen LogP contribution in [-0.4, -0.2) is 51.6 Å². The first-order chi connectivity index (χ1) is 10.3. The summed E-state index contributed by atoms with van der Waals surface area (Å²) >= 11 is 0. The molecule has 116 valence electrons. The molecule has 0 amide bonds. The van der Waals surface area contributed by atoms with Crippen LogP contribution in [0, 0.1) is 11.8 Å². The monoisotopic (exact) mass is 288 g/mol. The summed E-state index contributed by atoms with van der Waals surface area (Å²) in [4.78, 5) is 10.00. The predicted molar refractivity (Wildman–Crippen MR) is 83.9 cm³/mol. The predicted octanol–water partition coefficient (Wildman–Crippen LogP) is 2.12. The van der Waals surface area contributed by atoms with Crippen molar-refractivity contribution in [2.45, 2.75) is 44.7 Å². The molecule has 0 spiro atoms. The summed E-state index contributed by atoms with van der Waals surface area (Å²) in [6.45, 7) is 6.25. The Morgan fingerprint density at radius 2 is 2.05 bits per heavy atom. The average molecular weight is 288 g/mol. The molecule has 1 aromatic rings. The zero-order chi connectivity index (χ0) is 14.2. The number of hydrogen-bond acceptors (Lipinski definition) is 3. The summed E-state index contributed by atoms with van der Waals surface area (Å²) in [5.74, 6) is 3.10. The van der Waals surface area contributed by atoms with Crippen molar-refractivity contribution < 1.29 is 0 Å². The Balaban J connectivity index is 1.41. The Morgan fingerprint density at radius 1 is 1.14 bits per heavy atom. The molecule has 0 aromatic carbocycles. The SMILES string of the molecule is Cn1ccnc1CN1C[C@H]2CC[C@@H](C1)N(CC1CCC1)C2. The van der Waals surface area contributed by atoms with E-state index in [4.69, 9.17) is 0 Å². The Labute approximate surface area is 128 Å². The van der Waals surface area contributed by atoms with Crippen LogP contribution < -0.4 is 0 Å². The fourth-order valence-corrected chi connectivity index (χ4v) is 4.38. The summed E-state index contributed by atoms with van der Waals surface area (Å²) in [5, 5.41) is 0. The van der Waals surface area contributed by atoms with Gasteiger partial charge in [-0.05, 0) is 37.5 Å². The number of nitrogens with zero attached hydrogens (tertiary/aromatic N) is 4. The van der Waals surface area contributed by atoms with Crippen LogP contribution in [0.2, 0.25) is 0 Å². The number of rotatable bonds is 4. The number of aromatic nitrogens is 2. The third-order valence-corrected chi connectivity index (χ3v) is 5.91. The van der Waals surface area contributed by atoms with Gasteiger partial charge in [0.25, 0.3) is 0 Å². The lowest BCUT2D eigenvalue weighted by atomic mass is 9.83. The van der Waals surface area contributed by atoms with E-state index >= 15 is 0 Å². The minimum atomic E-state index is 0.796. The molecule has 2 atom stereocenters. The van der Waals surface area contributed by atoms with Crippen molar-refractivity contribution in [1.82, 2.24) is 19.4 Å². The molecule has 4 heterocycles. The van der Waals surface area contributed by atoms with Crippen LogP contribution >= 0.6 is 0 Å². The Hall–Kier alpha value is -0.870. The number of fused-ring (bicyclic) bond motifs is 4. The Bertz CT molecular complexity index is 479. The molecule has 0 N–H and O–H groups in total. The molecule has 1 saturated carbocycles. The van der Waals surface area contributed by atoms with Gasteiger partial charge in [0.1, 0.15) is 5.82 Å². The summed E-state index contributed by atoms with van der Waals surface area (Å²) in [5.41, 5.74) is 0. The second-order valence-corrected chi connectivity index (χ2v) is 7.50. The summed E-state index contributed by atoms with van der Waals surface area (Å²) in [6, 6.07) is 0.796. The summed E-state index contributed by atoms with van der Waals surface area (Å²) < 4.78 is 2.17. The van der Waals surface area contributed by atoms with Crippen molar-refractivity contribution in [3.8, 4) is 0 Å². The normalized spacial score (nSPS) is 31.3. The van der Waals surface area contributed by atoms with Crippen molar-refractivity contribution in [2.75, 3.05) is 26.2 Å². The van der Waals surface area contributed by atoms with Crippen LogP contribution in [0.4, 0.5) is 0 Å². The average Bonchev–Trinajstić information content (AvgIpc) is 2.65. The lowest BCUT2D eigenvalue weighted by Gasteiger charge is -2.40. The van der Waals surface area contributed by atoms with Gasteiger partial charge >= 0.3 is 0 Å². The van der Waals surface area contributed by atoms with E-state index in [1.54, 1.807) is 0 Å². The second kappa shape index (κ2) is 5.73. The smallest absolute Gasteiger partial charge is 0.122 e. The zero-order valence-corrected chi connectivity index (χ0v) is 13.2. The van der Waals surface area contributed by atoms with E-state index in [9.17, 15) is 0 Å². The number of hydrogen-bond donors (Lipinski definition) is 0. The van der Waals surface area contributed by atoms with Crippen molar-refractivity contribution >= 4 is 0 Å². The molecule has 1 aromatic heterocycles. The standard InChI is InChI=1S/C17H28N4/c1-19-8-7-18-17(19)13-20-9-15-5-6-16(12-20)21(11-15)10-14-3-2-4-14/h7-8,14-16H,2-6,9-13H2,1H3/t15-,16+/m1/s1. The molecule has 0 unspecified atom stereocenters. The van der Waals surface area contributed by atoms with Crippen molar-refractivity contribution in [2.24, 2.45) is 18.9 Å². The molecule has 0 radical (unpaired) electrons. The quantitative estimate of drug-likeness (QED) is 0.848. The van der Waals surface area contributed by atoms with Crippen LogP contribution in [0.3, 0.4) is 0 Å². The van der Waals surface area contributed by atoms with Crippen molar-refractivity contribution in [3.05, 3.63) is 18.2 Å². The van der Waals surface area contributed by atoms with Gasteiger partial charge < -0.3 is 4.57 Å². The maximum absolute atomic E-state index is 4.51. The number of piperidine rings is 1. The van der Waals surface area contributed by atoms with Gasteiger partial charge in [0.05, 0.1) is 6.54 Å². The molecule has 3 aliphatic heterocycles. The van der Waals surface area contributed by atoms with Crippen LogP contribution in [0.5, 0.6) is 0 Å². The lowest BCUT2D eigenvalue weighted by molar-refractivity contribution is 0.0890. The Morgan fingerprint density at radius 3 is 2.76 bits per heavy atom. The summed E-state index contributed by atoms with van der Waals surface area (Å²) in [7, 11) is 2.11. The van der Waals surface area contributed by atoms with E-state index in [0.717, 1.165) is 24.4 Å². The second-order valence-electron chi connectivity index (χ2n) is 7.50. The lowest BCUT2D eigenvalue weighted by Crippen LogP contribution is -2.46. The fraction of sp³-hybridized carbons (Fsp3) is 0.824. The molecule has 4 fully saturated rings. The fourth-order valence-electron chi connectivity index (χ4n) is 4.38. The molecule has 4 aliphatic rings.